The maximum Gasteiger partial charge on any atom is 0.426 e. The molecule has 0 saturated carbocycles. The zero-order valence-electron chi connectivity index (χ0n) is 15.8. The fraction of sp³-hybridized carbons (Fsp3) is 0.318. The second kappa shape index (κ2) is 8.46. The van der Waals surface area contributed by atoms with Gasteiger partial charge in [0, 0.05) is 19.6 Å². The minimum atomic E-state index is -0.405. The molecule has 2 aromatic carbocycles. The van der Waals surface area contributed by atoms with Gasteiger partial charge in [0.2, 0.25) is 0 Å². The van der Waals surface area contributed by atoms with E-state index in [1.165, 1.54) is 5.56 Å². The van der Waals surface area contributed by atoms with Crippen LogP contribution >= 0.6 is 0 Å². The number of hydrogen-bond donors (Lipinski definition) is 2. The molecule has 2 aliphatic rings. The summed E-state index contributed by atoms with van der Waals surface area (Å²) in [5.74, 6) is 0. The molecule has 0 radical (unpaired) electrons. The Morgan fingerprint density at radius 3 is 2.46 bits per heavy atom. The quantitative estimate of drug-likeness (QED) is 0.835. The lowest BCUT2D eigenvalue weighted by Gasteiger charge is -2.35. The van der Waals surface area contributed by atoms with E-state index in [0.29, 0.717) is 19.6 Å². The summed E-state index contributed by atoms with van der Waals surface area (Å²) in [6.45, 7) is 1.82. The monoisotopic (exact) mass is 379 g/mol. The highest BCUT2D eigenvalue weighted by Gasteiger charge is 2.39. The van der Waals surface area contributed by atoms with Gasteiger partial charge < -0.3 is 10.2 Å². The molecular formula is C22H25N3O3. The zero-order chi connectivity index (χ0) is 19.2. The van der Waals surface area contributed by atoms with Crippen LogP contribution in [0.15, 0.2) is 66.7 Å². The number of piperidine rings is 1. The standard InChI is InChI=1S/C22H25N3O3/c26-21(23-14-11-18-7-3-1-4-8-18)27-25-15-12-22(13-16-25)17-20(24-28-22)19-9-5-2-6-10-19/h1-10,17,24H,11-16H2,(H,23,26). The van der Waals surface area contributed by atoms with Crippen molar-refractivity contribution in [2.24, 2.45) is 0 Å². The summed E-state index contributed by atoms with van der Waals surface area (Å²) >= 11 is 0. The lowest BCUT2D eigenvalue weighted by Crippen LogP contribution is -2.46. The Hall–Kier alpha value is -2.83. The van der Waals surface area contributed by atoms with Crippen LogP contribution in [0.25, 0.3) is 5.70 Å². The van der Waals surface area contributed by atoms with Gasteiger partial charge in [0.15, 0.2) is 0 Å². The number of carbonyl (C=O) groups excluding carboxylic acids is 1. The first-order valence-electron chi connectivity index (χ1n) is 9.69. The molecule has 4 rings (SSSR count). The van der Waals surface area contributed by atoms with Crippen molar-refractivity contribution in [3.8, 4) is 0 Å². The van der Waals surface area contributed by atoms with Crippen LogP contribution < -0.4 is 10.8 Å². The summed E-state index contributed by atoms with van der Waals surface area (Å²) in [5.41, 5.74) is 6.01. The van der Waals surface area contributed by atoms with Crippen LogP contribution in [-0.2, 0) is 16.1 Å². The third-order valence-corrected chi connectivity index (χ3v) is 5.16. The molecule has 1 amide bonds. The van der Waals surface area contributed by atoms with Crippen molar-refractivity contribution in [1.29, 1.82) is 0 Å². The lowest BCUT2D eigenvalue weighted by molar-refractivity contribution is -0.156. The number of nitrogens with zero attached hydrogens (tertiary/aromatic N) is 1. The number of amides is 1. The maximum absolute atomic E-state index is 12.0. The maximum atomic E-state index is 12.0. The van der Waals surface area contributed by atoms with Crippen molar-refractivity contribution in [1.82, 2.24) is 15.9 Å². The van der Waals surface area contributed by atoms with Crippen molar-refractivity contribution in [3.63, 3.8) is 0 Å². The van der Waals surface area contributed by atoms with E-state index in [4.69, 9.17) is 9.68 Å². The highest BCUT2D eigenvalue weighted by atomic mass is 16.7. The summed E-state index contributed by atoms with van der Waals surface area (Å²) in [4.78, 5) is 23.3. The van der Waals surface area contributed by atoms with E-state index in [9.17, 15) is 4.79 Å². The molecule has 2 heterocycles. The van der Waals surface area contributed by atoms with E-state index in [-0.39, 0.29) is 5.60 Å². The van der Waals surface area contributed by atoms with E-state index in [0.717, 1.165) is 30.5 Å². The minimum absolute atomic E-state index is 0.338. The molecule has 0 atom stereocenters. The van der Waals surface area contributed by atoms with Gasteiger partial charge in [0.1, 0.15) is 5.60 Å². The van der Waals surface area contributed by atoms with Crippen LogP contribution in [-0.4, -0.2) is 36.4 Å². The molecule has 1 spiro atoms. The summed E-state index contributed by atoms with van der Waals surface area (Å²) < 4.78 is 0. The van der Waals surface area contributed by atoms with Gasteiger partial charge in [-0.1, -0.05) is 60.7 Å². The highest BCUT2D eigenvalue weighted by Crippen LogP contribution is 2.34. The summed E-state index contributed by atoms with van der Waals surface area (Å²) in [6, 6.07) is 20.2. The fourth-order valence-electron chi connectivity index (χ4n) is 3.54. The zero-order valence-corrected chi connectivity index (χ0v) is 15.8. The largest absolute Gasteiger partial charge is 0.426 e. The van der Waals surface area contributed by atoms with Gasteiger partial charge in [-0.2, -0.15) is 0 Å². The Bertz CT molecular complexity index is 815. The molecule has 28 heavy (non-hydrogen) atoms. The van der Waals surface area contributed by atoms with Gasteiger partial charge in [0.25, 0.3) is 0 Å². The molecule has 6 heteroatoms. The van der Waals surface area contributed by atoms with Gasteiger partial charge in [0.05, 0.1) is 5.70 Å². The van der Waals surface area contributed by atoms with Crippen LogP contribution in [0, 0.1) is 0 Å². The number of nitrogens with one attached hydrogen (secondary N) is 2. The molecule has 0 aliphatic carbocycles. The molecule has 6 nitrogen and oxygen atoms in total. The average Bonchev–Trinajstić information content (AvgIpc) is 3.15. The molecule has 0 bridgehead atoms. The molecule has 0 unspecified atom stereocenters. The first-order chi connectivity index (χ1) is 13.7. The number of hydrogen-bond acceptors (Lipinski definition) is 5. The van der Waals surface area contributed by atoms with Crippen molar-refractivity contribution >= 4 is 11.8 Å². The Morgan fingerprint density at radius 2 is 1.75 bits per heavy atom. The summed E-state index contributed by atoms with van der Waals surface area (Å²) in [6.07, 6.45) is 4.05. The van der Waals surface area contributed by atoms with Crippen molar-refractivity contribution in [3.05, 3.63) is 77.9 Å². The number of benzene rings is 2. The molecular weight excluding hydrogens is 354 g/mol. The molecule has 1 saturated heterocycles. The van der Waals surface area contributed by atoms with E-state index in [1.54, 1.807) is 5.06 Å². The molecule has 2 aromatic rings. The van der Waals surface area contributed by atoms with E-state index < -0.39 is 6.09 Å². The Labute approximate surface area is 165 Å². The Kier molecular flexibility index (Phi) is 5.60. The lowest BCUT2D eigenvalue weighted by atomic mass is 9.91. The Morgan fingerprint density at radius 1 is 1.07 bits per heavy atom. The Balaban J connectivity index is 1.22. The number of hydroxylamine groups is 3. The summed E-state index contributed by atoms with van der Waals surface area (Å²) in [5, 5.41) is 4.52. The first-order valence-corrected chi connectivity index (χ1v) is 9.69. The normalized spacial score (nSPS) is 18.4. The molecule has 0 aromatic heterocycles. The summed E-state index contributed by atoms with van der Waals surface area (Å²) in [7, 11) is 0. The van der Waals surface area contributed by atoms with Crippen LogP contribution in [0.5, 0.6) is 0 Å². The SMILES string of the molecule is O=C(NCCc1ccccc1)ON1CCC2(C=C(c3ccccc3)NO2)CC1. The molecule has 2 aliphatic heterocycles. The van der Waals surface area contributed by atoms with Gasteiger partial charge in [-0.3, -0.25) is 10.3 Å². The van der Waals surface area contributed by atoms with Crippen LogP contribution in [0.4, 0.5) is 4.79 Å². The number of carbonyl (C=O) groups is 1. The third kappa shape index (κ3) is 4.52. The second-order valence-electron chi connectivity index (χ2n) is 7.16. The van der Waals surface area contributed by atoms with Crippen molar-refractivity contribution < 1.29 is 14.5 Å². The van der Waals surface area contributed by atoms with Crippen LogP contribution in [0.1, 0.15) is 24.0 Å². The van der Waals surface area contributed by atoms with Gasteiger partial charge in [-0.05, 0) is 36.5 Å². The average molecular weight is 379 g/mol. The molecule has 146 valence electrons. The molecule has 2 N–H and O–H groups in total. The first kappa shape index (κ1) is 18.5. The second-order valence-corrected chi connectivity index (χ2v) is 7.16. The smallest absolute Gasteiger partial charge is 0.351 e. The van der Waals surface area contributed by atoms with E-state index >= 15 is 0 Å². The topological polar surface area (TPSA) is 62.8 Å². The fourth-order valence-corrected chi connectivity index (χ4v) is 3.54. The van der Waals surface area contributed by atoms with Crippen LogP contribution in [0.3, 0.4) is 0 Å². The molecule has 1 fully saturated rings. The van der Waals surface area contributed by atoms with E-state index in [1.807, 2.05) is 48.5 Å². The predicted molar refractivity (Wildman–Crippen MR) is 107 cm³/mol. The van der Waals surface area contributed by atoms with E-state index in [2.05, 4.69) is 29.0 Å². The third-order valence-electron chi connectivity index (χ3n) is 5.16. The van der Waals surface area contributed by atoms with Crippen molar-refractivity contribution in [2.75, 3.05) is 19.6 Å². The van der Waals surface area contributed by atoms with Crippen LogP contribution in [0.2, 0.25) is 0 Å². The minimum Gasteiger partial charge on any atom is -0.351 e. The predicted octanol–water partition coefficient (Wildman–Crippen LogP) is 3.28. The van der Waals surface area contributed by atoms with Crippen molar-refractivity contribution in [2.45, 2.75) is 24.9 Å². The highest BCUT2D eigenvalue weighted by molar-refractivity contribution is 5.67. The van der Waals surface area contributed by atoms with Gasteiger partial charge >= 0.3 is 6.09 Å². The van der Waals surface area contributed by atoms with Gasteiger partial charge in [-0.15, -0.1) is 5.06 Å². The van der Waals surface area contributed by atoms with Gasteiger partial charge in [-0.25, -0.2) is 4.79 Å². The number of rotatable bonds is 5.